The molecule has 1 amide bonds. The van der Waals surface area contributed by atoms with Crippen molar-refractivity contribution in [1.29, 1.82) is 0 Å². The molecule has 0 saturated carbocycles. The largest absolute Gasteiger partial charge is 0.446 e. The second kappa shape index (κ2) is 9.60. The third-order valence-corrected chi connectivity index (χ3v) is 7.03. The van der Waals surface area contributed by atoms with Gasteiger partial charge in [0.1, 0.15) is 23.1 Å². The Kier molecular flexibility index (Phi) is 6.65. The summed E-state index contributed by atoms with van der Waals surface area (Å²) in [5, 5.41) is 8.15. The normalized spacial score (nSPS) is 21.0. The number of carbonyl (C=O) groups is 1. The van der Waals surface area contributed by atoms with Crippen LogP contribution in [-0.4, -0.2) is 42.2 Å². The molecule has 8 heteroatoms. The first-order chi connectivity index (χ1) is 15.1. The molecule has 164 valence electrons. The van der Waals surface area contributed by atoms with Crippen molar-refractivity contribution in [1.82, 2.24) is 15.6 Å². The van der Waals surface area contributed by atoms with E-state index in [0.717, 1.165) is 43.0 Å². The summed E-state index contributed by atoms with van der Waals surface area (Å²) in [6.07, 6.45) is 3.48. The Bertz CT molecular complexity index is 921. The zero-order chi connectivity index (χ0) is 21.7. The number of carbonyl (C=O) groups excluding carboxylic acids is 1. The minimum absolute atomic E-state index is 0.250. The summed E-state index contributed by atoms with van der Waals surface area (Å²) in [4.78, 5) is 18.6. The second-order valence-corrected chi connectivity index (χ2v) is 8.95. The molecule has 0 spiro atoms. The van der Waals surface area contributed by atoms with Crippen molar-refractivity contribution in [3.05, 3.63) is 59.9 Å². The Hall–Kier alpha value is -2.74. The van der Waals surface area contributed by atoms with Crippen molar-refractivity contribution in [2.45, 2.75) is 24.6 Å². The Balaban J connectivity index is 1.40. The summed E-state index contributed by atoms with van der Waals surface area (Å²) in [7, 11) is 0. The average molecular weight is 443 g/mol. The summed E-state index contributed by atoms with van der Waals surface area (Å²) in [5.41, 5.74) is 1.74. The number of piperidine rings is 1. The number of hydrogen-bond donors (Lipinski definition) is 2. The summed E-state index contributed by atoms with van der Waals surface area (Å²) >= 11 is 1.69. The highest BCUT2D eigenvalue weighted by Gasteiger charge is 2.43. The van der Waals surface area contributed by atoms with E-state index in [1.54, 1.807) is 23.9 Å². The summed E-state index contributed by atoms with van der Waals surface area (Å²) < 4.78 is 18.7. The lowest BCUT2D eigenvalue weighted by molar-refractivity contribution is 0.111. The van der Waals surface area contributed by atoms with Gasteiger partial charge in [-0.3, -0.25) is 0 Å². The minimum Gasteiger partial charge on any atom is -0.446 e. The van der Waals surface area contributed by atoms with E-state index in [1.807, 2.05) is 36.7 Å². The van der Waals surface area contributed by atoms with Crippen LogP contribution in [-0.2, 0) is 4.74 Å². The first kappa shape index (κ1) is 21.5. The van der Waals surface area contributed by atoms with Crippen LogP contribution in [0.3, 0.4) is 0 Å². The number of pyridine rings is 1. The van der Waals surface area contributed by atoms with Gasteiger partial charge in [0.25, 0.3) is 0 Å². The maximum atomic E-state index is 13.2. The molecule has 0 bridgehead atoms. The van der Waals surface area contributed by atoms with E-state index < -0.39 is 0 Å². The van der Waals surface area contributed by atoms with E-state index >= 15 is 0 Å². The van der Waals surface area contributed by atoms with E-state index in [9.17, 15) is 9.18 Å². The van der Waals surface area contributed by atoms with Crippen LogP contribution in [0, 0.1) is 11.7 Å². The van der Waals surface area contributed by atoms with Crippen molar-refractivity contribution >= 4 is 23.7 Å². The molecule has 6 nitrogen and oxygen atoms in total. The van der Waals surface area contributed by atoms with Gasteiger partial charge in [0, 0.05) is 31.4 Å². The molecule has 2 N–H and O–H groups in total. The Labute approximate surface area is 186 Å². The van der Waals surface area contributed by atoms with Crippen LogP contribution in [0.5, 0.6) is 0 Å². The monoisotopic (exact) mass is 442 g/mol. The number of nitrogens with zero attached hydrogens (tertiary/aromatic N) is 2. The SMILES string of the molecule is CCNC(=O)OCC1(C2CCN(c3cccc(-c4ccc(F)cc4)n3)CC2)NC=CS1. The van der Waals surface area contributed by atoms with Crippen molar-refractivity contribution in [3.8, 4) is 11.3 Å². The number of rotatable bonds is 6. The van der Waals surface area contributed by atoms with E-state index in [2.05, 4.69) is 15.5 Å². The van der Waals surface area contributed by atoms with Crippen LogP contribution in [0.25, 0.3) is 11.3 Å². The number of ether oxygens (including phenoxy) is 1. The van der Waals surface area contributed by atoms with Gasteiger partial charge in [-0.05, 0) is 67.5 Å². The Morgan fingerprint density at radius 2 is 2.06 bits per heavy atom. The first-order valence-corrected chi connectivity index (χ1v) is 11.5. The molecule has 1 aromatic heterocycles. The summed E-state index contributed by atoms with van der Waals surface area (Å²) in [6, 6.07) is 12.4. The van der Waals surface area contributed by atoms with Crippen molar-refractivity contribution in [2.24, 2.45) is 5.92 Å². The first-order valence-electron chi connectivity index (χ1n) is 10.6. The van der Waals surface area contributed by atoms with Gasteiger partial charge in [-0.15, -0.1) is 11.8 Å². The van der Waals surface area contributed by atoms with E-state index in [0.29, 0.717) is 19.1 Å². The maximum absolute atomic E-state index is 13.2. The molecule has 1 atom stereocenters. The molecular weight excluding hydrogens is 415 g/mol. The van der Waals surface area contributed by atoms with Crippen LogP contribution >= 0.6 is 11.8 Å². The number of nitrogens with one attached hydrogen (secondary N) is 2. The molecule has 31 heavy (non-hydrogen) atoms. The van der Waals surface area contributed by atoms with Crippen LogP contribution in [0.1, 0.15) is 19.8 Å². The smallest absolute Gasteiger partial charge is 0.407 e. The minimum atomic E-state index is -0.379. The fraction of sp³-hybridized carbons (Fsp3) is 0.391. The molecule has 2 aromatic rings. The molecule has 1 saturated heterocycles. The highest BCUT2D eigenvalue weighted by molar-refractivity contribution is 8.03. The molecule has 1 unspecified atom stereocenters. The number of alkyl carbamates (subject to hydrolysis) is 1. The predicted octanol–water partition coefficient (Wildman–Crippen LogP) is 4.35. The summed E-state index contributed by atoms with van der Waals surface area (Å²) in [6.45, 7) is 4.48. The lowest BCUT2D eigenvalue weighted by Crippen LogP contribution is -2.52. The maximum Gasteiger partial charge on any atom is 0.407 e. The van der Waals surface area contributed by atoms with Gasteiger partial charge in [-0.25, -0.2) is 14.2 Å². The van der Waals surface area contributed by atoms with Crippen molar-refractivity contribution in [3.63, 3.8) is 0 Å². The molecule has 0 aliphatic carbocycles. The van der Waals surface area contributed by atoms with Crippen LogP contribution in [0.4, 0.5) is 15.0 Å². The third-order valence-electron chi connectivity index (χ3n) is 5.77. The molecule has 2 aliphatic heterocycles. The van der Waals surface area contributed by atoms with Crippen LogP contribution in [0.15, 0.2) is 54.1 Å². The number of aromatic nitrogens is 1. The molecule has 4 rings (SSSR count). The van der Waals surface area contributed by atoms with Gasteiger partial charge in [0.2, 0.25) is 0 Å². The zero-order valence-corrected chi connectivity index (χ0v) is 18.3. The van der Waals surface area contributed by atoms with Gasteiger partial charge < -0.3 is 20.3 Å². The van der Waals surface area contributed by atoms with Crippen molar-refractivity contribution in [2.75, 3.05) is 31.1 Å². The van der Waals surface area contributed by atoms with E-state index in [-0.39, 0.29) is 16.8 Å². The Morgan fingerprint density at radius 3 is 2.74 bits per heavy atom. The second-order valence-electron chi connectivity index (χ2n) is 7.71. The number of benzene rings is 1. The van der Waals surface area contributed by atoms with Crippen molar-refractivity contribution < 1.29 is 13.9 Å². The quantitative estimate of drug-likeness (QED) is 0.693. The molecule has 0 radical (unpaired) electrons. The number of hydrogen-bond acceptors (Lipinski definition) is 6. The number of halogens is 1. The molecular formula is C23H27FN4O2S. The zero-order valence-electron chi connectivity index (χ0n) is 17.5. The Morgan fingerprint density at radius 1 is 1.29 bits per heavy atom. The van der Waals surface area contributed by atoms with Gasteiger partial charge >= 0.3 is 6.09 Å². The highest BCUT2D eigenvalue weighted by atomic mass is 32.2. The number of amides is 1. The predicted molar refractivity (Wildman–Crippen MR) is 122 cm³/mol. The van der Waals surface area contributed by atoms with E-state index in [4.69, 9.17) is 9.72 Å². The molecule has 1 aromatic carbocycles. The van der Waals surface area contributed by atoms with Gasteiger partial charge in [0.15, 0.2) is 0 Å². The fourth-order valence-electron chi connectivity index (χ4n) is 4.10. The van der Waals surface area contributed by atoms with Crippen LogP contribution in [0.2, 0.25) is 0 Å². The summed E-state index contributed by atoms with van der Waals surface area (Å²) in [5.74, 6) is 1.04. The lowest BCUT2D eigenvalue weighted by atomic mass is 9.89. The standard InChI is InChI=1S/C23H27FN4O2S/c1-2-25-22(29)30-16-23(26-12-15-31-23)18-10-13-28(14-11-18)21-5-3-4-20(27-21)17-6-8-19(24)9-7-17/h3-9,12,15,18,26H,2,10-11,13-14,16H2,1H3,(H,25,29). The fourth-order valence-corrected chi connectivity index (χ4v) is 5.17. The number of anilines is 1. The van der Waals surface area contributed by atoms with Gasteiger partial charge in [0.05, 0.1) is 5.69 Å². The molecule has 1 fully saturated rings. The molecule has 2 aliphatic rings. The topological polar surface area (TPSA) is 66.5 Å². The average Bonchev–Trinajstić information content (AvgIpc) is 3.29. The third kappa shape index (κ3) is 4.95. The lowest BCUT2D eigenvalue weighted by Gasteiger charge is -2.42. The highest BCUT2D eigenvalue weighted by Crippen LogP contribution is 2.41. The van der Waals surface area contributed by atoms with Gasteiger partial charge in [-0.2, -0.15) is 0 Å². The molecule has 3 heterocycles. The van der Waals surface area contributed by atoms with Gasteiger partial charge in [-0.1, -0.05) is 6.07 Å². The van der Waals surface area contributed by atoms with Crippen LogP contribution < -0.4 is 15.5 Å². The number of thioether (sulfide) groups is 1. The van der Waals surface area contributed by atoms with E-state index in [1.165, 1.54) is 12.1 Å².